The summed E-state index contributed by atoms with van der Waals surface area (Å²) in [6.45, 7) is 15.7. The summed E-state index contributed by atoms with van der Waals surface area (Å²) in [4.78, 5) is 31.3. The molecule has 226 valence electrons. The SMILES string of the molecule is [C-]#[N+]C[C@H]1CN(c2c(C#N)c(OC[C@@H]3CCCN3C)nc3c(F)c(-c4cccc5c4CC(C)C5)ncc23)CCN1C(=O)C=C. The lowest BCUT2D eigenvalue weighted by Gasteiger charge is -2.40. The van der Waals surface area contributed by atoms with E-state index in [-0.39, 0.29) is 47.7 Å². The number of amides is 1. The van der Waals surface area contributed by atoms with Crippen LogP contribution in [-0.4, -0.2) is 84.1 Å². The second kappa shape index (κ2) is 12.2. The van der Waals surface area contributed by atoms with Crippen LogP contribution in [0.4, 0.5) is 10.1 Å². The van der Waals surface area contributed by atoms with Crippen LogP contribution < -0.4 is 9.64 Å². The minimum Gasteiger partial charge on any atom is -0.475 e. The van der Waals surface area contributed by atoms with Crippen LogP contribution in [0.3, 0.4) is 0 Å². The number of aromatic nitrogens is 2. The summed E-state index contributed by atoms with van der Waals surface area (Å²) in [6.07, 6.45) is 6.70. The summed E-state index contributed by atoms with van der Waals surface area (Å²) < 4.78 is 23.0. The number of ether oxygens (including phenoxy) is 1. The summed E-state index contributed by atoms with van der Waals surface area (Å²) >= 11 is 0. The van der Waals surface area contributed by atoms with Gasteiger partial charge < -0.3 is 24.3 Å². The molecule has 0 bridgehead atoms. The van der Waals surface area contributed by atoms with Crippen molar-refractivity contribution in [2.75, 3.05) is 51.3 Å². The van der Waals surface area contributed by atoms with Gasteiger partial charge in [-0.3, -0.25) is 9.78 Å². The molecule has 9 nitrogen and oxygen atoms in total. The molecule has 1 aliphatic carbocycles. The van der Waals surface area contributed by atoms with Crippen LogP contribution in [0.25, 0.3) is 27.0 Å². The quantitative estimate of drug-likeness (QED) is 0.291. The number of nitrogens with zero attached hydrogens (tertiary/aromatic N) is 7. The minimum absolute atomic E-state index is 0.0876. The normalized spacial score (nSPS) is 21.6. The van der Waals surface area contributed by atoms with Gasteiger partial charge in [0.15, 0.2) is 5.82 Å². The van der Waals surface area contributed by atoms with Crippen LogP contribution in [0.15, 0.2) is 37.1 Å². The lowest BCUT2D eigenvalue weighted by Crippen LogP contribution is -2.56. The van der Waals surface area contributed by atoms with Gasteiger partial charge in [-0.1, -0.05) is 31.7 Å². The van der Waals surface area contributed by atoms with Gasteiger partial charge in [-0.15, -0.1) is 0 Å². The van der Waals surface area contributed by atoms with E-state index >= 15 is 4.39 Å². The minimum atomic E-state index is -0.554. The third kappa shape index (κ3) is 5.24. The Morgan fingerprint density at radius 1 is 1.30 bits per heavy atom. The molecule has 3 atom stereocenters. The first-order valence-electron chi connectivity index (χ1n) is 15.2. The van der Waals surface area contributed by atoms with E-state index in [1.807, 2.05) is 24.1 Å². The van der Waals surface area contributed by atoms with Crippen molar-refractivity contribution in [1.82, 2.24) is 19.8 Å². The maximum Gasteiger partial charge on any atom is 0.246 e. The molecule has 4 heterocycles. The van der Waals surface area contributed by atoms with Gasteiger partial charge in [0.1, 0.15) is 35.5 Å². The average molecular weight is 594 g/mol. The Kier molecular flexibility index (Phi) is 8.20. The lowest BCUT2D eigenvalue weighted by molar-refractivity contribution is -0.128. The van der Waals surface area contributed by atoms with E-state index in [2.05, 4.69) is 45.4 Å². The maximum absolute atomic E-state index is 16.7. The first-order valence-corrected chi connectivity index (χ1v) is 15.2. The van der Waals surface area contributed by atoms with E-state index in [0.717, 1.165) is 43.4 Å². The number of likely N-dealkylation sites (tertiary alicyclic amines) is 1. The molecule has 2 aromatic heterocycles. The molecule has 0 saturated carbocycles. The third-order valence-corrected chi connectivity index (χ3v) is 9.32. The molecule has 44 heavy (non-hydrogen) atoms. The van der Waals surface area contributed by atoms with Crippen molar-refractivity contribution >= 4 is 22.5 Å². The van der Waals surface area contributed by atoms with Crippen LogP contribution in [-0.2, 0) is 17.6 Å². The van der Waals surface area contributed by atoms with Crippen molar-refractivity contribution in [3.05, 3.63) is 71.0 Å². The van der Waals surface area contributed by atoms with Crippen LogP contribution in [0.1, 0.15) is 36.5 Å². The highest BCUT2D eigenvalue weighted by atomic mass is 19.1. The number of fused-ring (bicyclic) bond motifs is 2. The van der Waals surface area contributed by atoms with Gasteiger partial charge in [-0.2, -0.15) is 5.26 Å². The van der Waals surface area contributed by atoms with Gasteiger partial charge in [0.25, 0.3) is 0 Å². The Balaban J connectivity index is 1.49. The number of anilines is 1. The molecule has 6 rings (SSSR count). The highest BCUT2D eigenvalue weighted by Crippen LogP contribution is 2.41. The molecular formula is C34H36FN7O2. The molecule has 0 radical (unpaired) electrons. The second-order valence-electron chi connectivity index (χ2n) is 12.2. The van der Waals surface area contributed by atoms with Crippen molar-refractivity contribution in [3.63, 3.8) is 0 Å². The number of hydrogen-bond donors (Lipinski definition) is 0. The van der Waals surface area contributed by atoms with Gasteiger partial charge in [0.2, 0.25) is 18.3 Å². The smallest absolute Gasteiger partial charge is 0.246 e. The molecule has 2 saturated heterocycles. The number of likely N-dealkylation sites (N-methyl/N-ethyl adjacent to an activating group) is 1. The van der Waals surface area contributed by atoms with Gasteiger partial charge in [-0.05, 0) is 62.4 Å². The van der Waals surface area contributed by atoms with Crippen LogP contribution in [0.2, 0.25) is 0 Å². The van der Waals surface area contributed by atoms with E-state index in [9.17, 15) is 10.1 Å². The summed E-state index contributed by atoms with van der Waals surface area (Å²) in [6, 6.07) is 7.99. The number of halogens is 1. The number of nitriles is 1. The Morgan fingerprint density at radius 3 is 2.86 bits per heavy atom. The summed E-state index contributed by atoms with van der Waals surface area (Å²) in [5.74, 6) is -0.238. The fourth-order valence-electron chi connectivity index (χ4n) is 7.05. The molecule has 1 unspecified atom stereocenters. The molecule has 10 heteroatoms. The average Bonchev–Trinajstić information content (AvgIpc) is 3.63. The molecule has 1 aromatic carbocycles. The fraction of sp³-hybridized carbons (Fsp3) is 0.441. The van der Waals surface area contributed by atoms with Crippen molar-refractivity contribution < 1.29 is 13.9 Å². The predicted molar refractivity (Wildman–Crippen MR) is 167 cm³/mol. The third-order valence-electron chi connectivity index (χ3n) is 9.32. The highest BCUT2D eigenvalue weighted by Gasteiger charge is 2.35. The number of carbonyl (C=O) groups is 1. The second-order valence-corrected chi connectivity index (χ2v) is 12.2. The molecular weight excluding hydrogens is 557 g/mol. The van der Waals surface area contributed by atoms with Gasteiger partial charge in [0.05, 0.1) is 5.69 Å². The van der Waals surface area contributed by atoms with Gasteiger partial charge >= 0.3 is 0 Å². The van der Waals surface area contributed by atoms with E-state index in [1.54, 1.807) is 11.1 Å². The zero-order valence-electron chi connectivity index (χ0n) is 25.2. The first kappa shape index (κ1) is 29.5. The molecule has 3 aromatic rings. The van der Waals surface area contributed by atoms with Crippen LogP contribution >= 0.6 is 0 Å². The monoisotopic (exact) mass is 593 g/mol. The molecule has 0 spiro atoms. The molecule has 0 N–H and O–H groups in total. The number of piperazine rings is 1. The fourth-order valence-corrected chi connectivity index (χ4v) is 7.05. The lowest BCUT2D eigenvalue weighted by atomic mass is 9.98. The standard InChI is InChI=1S/C34H36FN7O2/c1-5-29(43)42-13-12-41(19-24(42)17-37-3)33-27(16-36)34(44-20-23-9-7-11-40(23)4)39-32-28(33)18-38-31(30(32)35)25-10-6-8-22-14-21(2)15-26(22)25/h5-6,8,10,18,21,23-24H,1,7,9,11-15,17,19-20H2,2,4H3/t21?,23-,24-/m0/s1. The van der Waals surface area contributed by atoms with E-state index in [4.69, 9.17) is 11.3 Å². The largest absolute Gasteiger partial charge is 0.475 e. The van der Waals surface area contributed by atoms with E-state index in [0.29, 0.717) is 36.7 Å². The predicted octanol–water partition coefficient (Wildman–Crippen LogP) is 4.64. The first-order chi connectivity index (χ1) is 21.3. The summed E-state index contributed by atoms with van der Waals surface area (Å²) in [5.41, 5.74) is 4.10. The topological polar surface area (TPSA) is 90.0 Å². The van der Waals surface area contributed by atoms with Gasteiger partial charge in [0, 0.05) is 42.8 Å². The van der Waals surface area contributed by atoms with Crippen molar-refractivity contribution in [2.45, 2.75) is 44.7 Å². The number of benzene rings is 1. The zero-order chi connectivity index (χ0) is 31.0. The number of pyridine rings is 2. The number of hydrogen-bond acceptors (Lipinski definition) is 7. The van der Waals surface area contributed by atoms with E-state index in [1.165, 1.54) is 11.6 Å². The number of rotatable bonds is 7. The van der Waals surface area contributed by atoms with Gasteiger partial charge in [-0.25, -0.2) is 15.9 Å². The van der Waals surface area contributed by atoms with Crippen LogP contribution in [0, 0.1) is 29.6 Å². The van der Waals surface area contributed by atoms with Crippen LogP contribution in [0.5, 0.6) is 5.88 Å². The van der Waals surface area contributed by atoms with Crippen molar-refractivity contribution in [2.24, 2.45) is 5.92 Å². The summed E-state index contributed by atoms with van der Waals surface area (Å²) in [7, 11) is 2.05. The molecule has 3 aliphatic rings. The number of carbonyl (C=O) groups excluding carboxylic acids is 1. The van der Waals surface area contributed by atoms with E-state index < -0.39 is 11.9 Å². The Bertz CT molecular complexity index is 1710. The Hall–Kier alpha value is -4.54. The van der Waals surface area contributed by atoms with Crippen molar-refractivity contribution in [1.29, 1.82) is 5.26 Å². The molecule has 2 aliphatic heterocycles. The maximum atomic E-state index is 16.7. The van der Waals surface area contributed by atoms with Crippen molar-refractivity contribution in [3.8, 4) is 23.2 Å². The highest BCUT2D eigenvalue weighted by molar-refractivity contribution is 5.98. The Morgan fingerprint density at radius 2 is 2.14 bits per heavy atom. The molecule has 2 fully saturated rings. The Labute approximate surface area is 257 Å². The molecule has 1 amide bonds. The zero-order valence-corrected chi connectivity index (χ0v) is 25.2. The summed E-state index contributed by atoms with van der Waals surface area (Å²) in [5, 5.41) is 10.9.